The molecule has 0 amide bonds. The van der Waals surface area contributed by atoms with Crippen molar-refractivity contribution in [1.29, 1.82) is 0 Å². The van der Waals surface area contributed by atoms with Crippen molar-refractivity contribution in [2.24, 2.45) is 0 Å². The fraction of sp³-hybridized carbons (Fsp3) is 0.154. The lowest BCUT2D eigenvalue weighted by atomic mass is 10.1. The first-order valence-corrected chi connectivity index (χ1v) is 5.22. The van der Waals surface area contributed by atoms with Gasteiger partial charge in [0.1, 0.15) is 12.1 Å². The summed E-state index contributed by atoms with van der Waals surface area (Å²) in [4.78, 5) is 19.8. The Morgan fingerprint density at radius 3 is 2.94 bits per heavy atom. The number of carbonyl (C=O) groups excluding carboxylic acids is 1. The molecule has 0 unspecified atom stereocenters. The maximum atomic E-state index is 12.0. The third-order valence-electron chi connectivity index (χ3n) is 2.38. The van der Waals surface area contributed by atoms with E-state index in [1.165, 1.54) is 6.33 Å². The maximum Gasteiger partial charge on any atom is 0.168 e. The van der Waals surface area contributed by atoms with Crippen molar-refractivity contribution in [3.05, 3.63) is 54.1 Å². The van der Waals surface area contributed by atoms with E-state index >= 15 is 0 Å². The molecular weight excluding hydrogens is 216 g/mol. The molecule has 0 aliphatic carbocycles. The van der Waals surface area contributed by atoms with Crippen LogP contribution in [0.3, 0.4) is 0 Å². The van der Waals surface area contributed by atoms with E-state index in [2.05, 4.69) is 9.97 Å². The molecule has 1 aromatic heterocycles. The summed E-state index contributed by atoms with van der Waals surface area (Å²) >= 11 is 0. The predicted molar refractivity (Wildman–Crippen MR) is 63.1 cm³/mol. The highest BCUT2D eigenvalue weighted by molar-refractivity contribution is 5.97. The summed E-state index contributed by atoms with van der Waals surface area (Å²) in [5.41, 5.74) is 1.34. The lowest BCUT2D eigenvalue weighted by molar-refractivity contribution is 0.0991. The molecule has 0 aliphatic heterocycles. The van der Waals surface area contributed by atoms with E-state index in [4.69, 9.17) is 4.74 Å². The van der Waals surface area contributed by atoms with Crippen LogP contribution in [0, 0.1) is 0 Å². The van der Waals surface area contributed by atoms with Crippen molar-refractivity contribution >= 4 is 5.78 Å². The fourth-order valence-corrected chi connectivity index (χ4v) is 1.49. The molecule has 17 heavy (non-hydrogen) atoms. The molecule has 4 heteroatoms. The second-order valence-corrected chi connectivity index (χ2v) is 3.53. The zero-order valence-electron chi connectivity index (χ0n) is 9.46. The summed E-state index contributed by atoms with van der Waals surface area (Å²) in [5.74, 6) is 0.695. The van der Waals surface area contributed by atoms with E-state index in [0.29, 0.717) is 17.0 Å². The van der Waals surface area contributed by atoms with Gasteiger partial charge in [0.15, 0.2) is 5.78 Å². The van der Waals surface area contributed by atoms with E-state index in [-0.39, 0.29) is 12.2 Å². The minimum atomic E-state index is 0.0163. The van der Waals surface area contributed by atoms with Gasteiger partial charge in [-0.25, -0.2) is 9.97 Å². The van der Waals surface area contributed by atoms with E-state index in [1.54, 1.807) is 37.6 Å². The van der Waals surface area contributed by atoms with Gasteiger partial charge in [0.05, 0.1) is 19.2 Å². The second kappa shape index (κ2) is 5.21. The fourth-order valence-electron chi connectivity index (χ4n) is 1.49. The number of hydrogen-bond donors (Lipinski definition) is 0. The molecule has 0 atom stereocenters. The van der Waals surface area contributed by atoms with Gasteiger partial charge >= 0.3 is 0 Å². The standard InChI is InChI=1S/C13H12N2O2/c1-17-12-4-2-3-10(7-12)13(16)8-11-5-6-14-9-15-11/h2-7,9H,8H2,1H3. The Balaban J connectivity index is 2.14. The van der Waals surface area contributed by atoms with Gasteiger partial charge in [0.2, 0.25) is 0 Å². The Labute approximate surface area is 99.3 Å². The first kappa shape index (κ1) is 11.3. The Kier molecular flexibility index (Phi) is 3.45. The molecule has 1 heterocycles. The average Bonchev–Trinajstić information content (AvgIpc) is 2.40. The molecule has 0 saturated carbocycles. The Morgan fingerprint density at radius 2 is 2.24 bits per heavy atom. The minimum absolute atomic E-state index is 0.0163. The topological polar surface area (TPSA) is 52.1 Å². The summed E-state index contributed by atoms with van der Waals surface area (Å²) in [5, 5.41) is 0. The molecule has 0 saturated heterocycles. The van der Waals surface area contributed by atoms with Crippen LogP contribution in [0.1, 0.15) is 16.1 Å². The lowest BCUT2D eigenvalue weighted by Crippen LogP contribution is -2.05. The quantitative estimate of drug-likeness (QED) is 0.750. The van der Waals surface area contributed by atoms with E-state index in [1.807, 2.05) is 6.07 Å². The highest BCUT2D eigenvalue weighted by atomic mass is 16.5. The van der Waals surface area contributed by atoms with Gasteiger partial charge in [0, 0.05) is 11.8 Å². The van der Waals surface area contributed by atoms with Crippen LogP contribution in [0.25, 0.3) is 0 Å². The van der Waals surface area contributed by atoms with Crippen molar-refractivity contribution in [1.82, 2.24) is 9.97 Å². The molecule has 0 radical (unpaired) electrons. The van der Waals surface area contributed by atoms with Crippen molar-refractivity contribution < 1.29 is 9.53 Å². The Morgan fingerprint density at radius 1 is 1.35 bits per heavy atom. The van der Waals surface area contributed by atoms with Gasteiger partial charge in [0.25, 0.3) is 0 Å². The molecule has 1 aromatic carbocycles. The van der Waals surface area contributed by atoms with Crippen molar-refractivity contribution in [2.45, 2.75) is 6.42 Å². The molecule has 0 spiro atoms. The van der Waals surface area contributed by atoms with Gasteiger partial charge in [-0.05, 0) is 18.2 Å². The largest absolute Gasteiger partial charge is 0.497 e. The zero-order valence-corrected chi connectivity index (χ0v) is 9.46. The first-order chi connectivity index (χ1) is 8.29. The molecule has 86 valence electrons. The van der Waals surface area contributed by atoms with Crippen LogP contribution in [0.2, 0.25) is 0 Å². The zero-order chi connectivity index (χ0) is 12.1. The minimum Gasteiger partial charge on any atom is -0.497 e. The number of methoxy groups -OCH3 is 1. The van der Waals surface area contributed by atoms with Crippen LogP contribution in [0.5, 0.6) is 5.75 Å². The van der Waals surface area contributed by atoms with Crippen LogP contribution in [0.15, 0.2) is 42.9 Å². The Bertz CT molecular complexity index is 512. The highest BCUT2D eigenvalue weighted by Gasteiger charge is 2.08. The number of hydrogen-bond acceptors (Lipinski definition) is 4. The molecule has 0 N–H and O–H groups in total. The number of carbonyl (C=O) groups is 1. The maximum absolute atomic E-state index is 12.0. The van der Waals surface area contributed by atoms with Crippen LogP contribution in [0.4, 0.5) is 0 Å². The lowest BCUT2D eigenvalue weighted by Gasteiger charge is -2.03. The average molecular weight is 228 g/mol. The number of ketones is 1. The van der Waals surface area contributed by atoms with Crippen LogP contribution < -0.4 is 4.74 Å². The predicted octanol–water partition coefficient (Wildman–Crippen LogP) is 1.91. The summed E-state index contributed by atoms with van der Waals surface area (Å²) in [6.45, 7) is 0. The highest BCUT2D eigenvalue weighted by Crippen LogP contribution is 2.14. The number of ether oxygens (including phenoxy) is 1. The third kappa shape index (κ3) is 2.87. The third-order valence-corrected chi connectivity index (χ3v) is 2.38. The van der Waals surface area contributed by atoms with Crippen molar-refractivity contribution in [3.63, 3.8) is 0 Å². The molecule has 2 rings (SSSR count). The first-order valence-electron chi connectivity index (χ1n) is 5.22. The van der Waals surface area contributed by atoms with Gasteiger partial charge in [-0.2, -0.15) is 0 Å². The SMILES string of the molecule is COc1cccc(C(=O)Cc2ccncn2)c1. The smallest absolute Gasteiger partial charge is 0.168 e. The number of benzene rings is 1. The van der Waals surface area contributed by atoms with Crippen molar-refractivity contribution in [2.75, 3.05) is 7.11 Å². The van der Waals surface area contributed by atoms with Crippen molar-refractivity contribution in [3.8, 4) is 5.75 Å². The molecule has 0 bridgehead atoms. The monoisotopic (exact) mass is 228 g/mol. The van der Waals surface area contributed by atoms with E-state index < -0.39 is 0 Å². The van der Waals surface area contributed by atoms with Gasteiger partial charge in [-0.15, -0.1) is 0 Å². The summed E-state index contributed by atoms with van der Waals surface area (Å²) in [6, 6.07) is 8.83. The molecular formula is C13H12N2O2. The number of rotatable bonds is 4. The van der Waals surface area contributed by atoms with Gasteiger partial charge in [-0.1, -0.05) is 12.1 Å². The summed E-state index contributed by atoms with van der Waals surface area (Å²) < 4.78 is 5.08. The van der Waals surface area contributed by atoms with E-state index in [9.17, 15) is 4.79 Å². The number of nitrogens with zero attached hydrogens (tertiary/aromatic N) is 2. The van der Waals surface area contributed by atoms with Gasteiger partial charge < -0.3 is 4.74 Å². The summed E-state index contributed by atoms with van der Waals surface area (Å²) in [6.07, 6.45) is 3.34. The van der Waals surface area contributed by atoms with Crippen LogP contribution in [-0.4, -0.2) is 22.9 Å². The second-order valence-electron chi connectivity index (χ2n) is 3.53. The molecule has 4 nitrogen and oxygen atoms in total. The van der Waals surface area contributed by atoms with Crippen LogP contribution in [-0.2, 0) is 6.42 Å². The van der Waals surface area contributed by atoms with Crippen LogP contribution >= 0.6 is 0 Å². The number of aromatic nitrogens is 2. The van der Waals surface area contributed by atoms with E-state index in [0.717, 1.165) is 0 Å². The summed E-state index contributed by atoms with van der Waals surface area (Å²) in [7, 11) is 1.58. The normalized spacial score (nSPS) is 9.94. The number of Topliss-reactive ketones (excluding diaryl/α,β-unsaturated/α-hetero) is 1. The molecule has 2 aromatic rings. The Hall–Kier alpha value is -2.23. The molecule has 0 fully saturated rings. The molecule has 0 aliphatic rings. The van der Waals surface area contributed by atoms with Gasteiger partial charge in [-0.3, -0.25) is 4.79 Å².